The van der Waals surface area contributed by atoms with Crippen molar-refractivity contribution in [2.75, 3.05) is 6.54 Å². The van der Waals surface area contributed by atoms with Crippen LogP contribution in [-0.4, -0.2) is 12.7 Å². The van der Waals surface area contributed by atoms with Gasteiger partial charge in [-0.1, -0.05) is 23.7 Å². The first-order valence-electron chi connectivity index (χ1n) is 4.55. The highest BCUT2D eigenvalue weighted by Gasteiger charge is 2.43. The van der Waals surface area contributed by atoms with Crippen LogP contribution in [0.2, 0.25) is 5.02 Å². The van der Waals surface area contributed by atoms with Gasteiger partial charge in [0.2, 0.25) is 0 Å². The van der Waals surface area contributed by atoms with Crippen molar-refractivity contribution >= 4 is 11.6 Å². The summed E-state index contributed by atoms with van der Waals surface area (Å²) in [6.45, 7) is 0.332. The van der Waals surface area contributed by atoms with E-state index >= 15 is 0 Å². The zero-order valence-corrected chi connectivity index (χ0v) is 8.49. The summed E-state index contributed by atoms with van der Waals surface area (Å²) in [7, 11) is 0. The van der Waals surface area contributed by atoms with E-state index in [0.29, 0.717) is 22.7 Å². The fraction of sp³-hybridized carbons (Fsp3) is 0.400. The SMILES string of the molecule is FC(F)(F)C1CNCc2c(Cl)cccc21. The Balaban J connectivity index is 2.48. The lowest BCUT2D eigenvalue weighted by atomic mass is 9.90. The van der Waals surface area contributed by atoms with Crippen molar-refractivity contribution in [3.8, 4) is 0 Å². The third-order valence-electron chi connectivity index (χ3n) is 2.58. The molecule has 0 amide bonds. The molecular weight excluding hydrogens is 227 g/mol. The molecule has 1 aromatic rings. The van der Waals surface area contributed by atoms with E-state index in [4.69, 9.17) is 11.6 Å². The van der Waals surface area contributed by atoms with Gasteiger partial charge in [0, 0.05) is 18.1 Å². The van der Waals surface area contributed by atoms with Crippen LogP contribution in [0.1, 0.15) is 17.0 Å². The summed E-state index contributed by atoms with van der Waals surface area (Å²) in [5, 5.41) is 3.13. The van der Waals surface area contributed by atoms with Crippen LogP contribution in [-0.2, 0) is 6.54 Å². The Morgan fingerprint density at radius 1 is 1.33 bits per heavy atom. The predicted octanol–water partition coefficient (Wildman–Crippen LogP) is 3.09. The molecule has 0 saturated heterocycles. The molecule has 1 aliphatic rings. The molecule has 0 spiro atoms. The van der Waals surface area contributed by atoms with Gasteiger partial charge < -0.3 is 5.32 Å². The van der Waals surface area contributed by atoms with Crippen LogP contribution >= 0.6 is 11.6 Å². The molecule has 0 bridgehead atoms. The van der Waals surface area contributed by atoms with Crippen molar-refractivity contribution in [3.63, 3.8) is 0 Å². The Kier molecular flexibility index (Phi) is 2.64. The fourth-order valence-electron chi connectivity index (χ4n) is 1.83. The maximum absolute atomic E-state index is 12.7. The van der Waals surface area contributed by atoms with Crippen LogP contribution in [0, 0.1) is 0 Å². The quantitative estimate of drug-likeness (QED) is 0.729. The highest BCUT2D eigenvalue weighted by atomic mass is 35.5. The van der Waals surface area contributed by atoms with Gasteiger partial charge in [-0.3, -0.25) is 0 Å². The minimum atomic E-state index is -4.22. The molecule has 1 heterocycles. The van der Waals surface area contributed by atoms with Crippen molar-refractivity contribution < 1.29 is 13.2 Å². The lowest BCUT2D eigenvalue weighted by Gasteiger charge is -2.28. The molecule has 82 valence electrons. The normalized spacial score (nSPS) is 21.2. The number of halogens is 4. The first-order chi connectivity index (χ1) is 7.00. The molecule has 1 aliphatic heterocycles. The second-order valence-electron chi connectivity index (χ2n) is 3.53. The summed E-state index contributed by atoms with van der Waals surface area (Å²) < 4.78 is 38.0. The Labute approximate surface area is 90.2 Å². The van der Waals surface area contributed by atoms with Gasteiger partial charge in [0.05, 0.1) is 5.92 Å². The van der Waals surface area contributed by atoms with Gasteiger partial charge in [-0.05, 0) is 17.2 Å². The van der Waals surface area contributed by atoms with Crippen molar-refractivity contribution in [1.82, 2.24) is 5.32 Å². The van der Waals surface area contributed by atoms with Crippen LogP contribution in [0.5, 0.6) is 0 Å². The van der Waals surface area contributed by atoms with Gasteiger partial charge >= 0.3 is 6.18 Å². The Morgan fingerprint density at radius 3 is 2.73 bits per heavy atom. The van der Waals surface area contributed by atoms with E-state index in [1.807, 2.05) is 0 Å². The molecule has 1 aromatic carbocycles. The molecule has 5 heteroatoms. The topological polar surface area (TPSA) is 12.0 Å². The number of fused-ring (bicyclic) bond motifs is 1. The van der Waals surface area contributed by atoms with Gasteiger partial charge in [0.15, 0.2) is 0 Å². The average Bonchev–Trinajstić information content (AvgIpc) is 2.16. The zero-order chi connectivity index (χ0) is 11.1. The van der Waals surface area contributed by atoms with Crippen LogP contribution in [0.25, 0.3) is 0 Å². The third-order valence-corrected chi connectivity index (χ3v) is 2.93. The van der Waals surface area contributed by atoms with Crippen molar-refractivity contribution in [2.45, 2.75) is 18.6 Å². The maximum atomic E-state index is 12.7. The molecule has 1 unspecified atom stereocenters. The smallest absolute Gasteiger partial charge is 0.312 e. The first kappa shape index (κ1) is 10.8. The number of rotatable bonds is 0. The predicted molar refractivity (Wildman–Crippen MR) is 52.0 cm³/mol. The van der Waals surface area contributed by atoms with E-state index in [9.17, 15) is 13.2 Å². The second kappa shape index (κ2) is 3.68. The maximum Gasteiger partial charge on any atom is 0.396 e. The molecule has 0 saturated carbocycles. The molecule has 2 rings (SSSR count). The van der Waals surface area contributed by atoms with E-state index in [-0.39, 0.29) is 6.54 Å². The van der Waals surface area contributed by atoms with E-state index in [2.05, 4.69) is 5.32 Å². The lowest BCUT2D eigenvalue weighted by molar-refractivity contribution is -0.150. The monoisotopic (exact) mass is 235 g/mol. The molecule has 15 heavy (non-hydrogen) atoms. The third kappa shape index (κ3) is 1.96. The van der Waals surface area contributed by atoms with E-state index < -0.39 is 12.1 Å². The molecule has 0 aliphatic carbocycles. The van der Waals surface area contributed by atoms with Gasteiger partial charge in [0.25, 0.3) is 0 Å². The second-order valence-corrected chi connectivity index (χ2v) is 3.94. The highest BCUT2D eigenvalue weighted by Crippen LogP contribution is 2.39. The first-order valence-corrected chi connectivity index (χ1v) is 4.92. The highest BCUT2D eigenvalue weighted by molar-refractivity contribution is 6.31. The molecule has 0 fully saturated rings. The van der Waals surface area contributed by atoms with Crippen LogP contribution in [0.3, 0.4) is 0 Å². The van der Waals surface area contributed by atoms with E-state index in [1.165, 1.54) is 6.07 Å². The summed E-state index contributed by atoms with van der Waals surface area (Å²) in [6, 6.07) is 4.67. The molecule has 1 nitrogen and oxygen atoms in total. The fourth-order valence-corrected chi connectivity index (χ4v) is 2.08. The molecule has 1 N–H and O–H groups in total. The minimum absolute atomic E-state index is 0.0726. The molecule has 0 radical (unpaired) electrons. The zero-order valence-electron chi connectivity index (χ0n) is 7.74. The summed E-state index contributed by atoms with van der Waals surface area (Å²) in [4.78, 5) is 0. The van der Waals surface area contributed by atoms with Gasteiger partial charge in [-0.25, -0.2) is 0 Å². The van der Waals surface area contributed by atoms with Crippen molar-refractivity contribution in [3.05, 3.63) is 34.3 Å². The Morgan fingerprint density at radius 2 is 2.07 bits per heavy atom. The number of nitrogens with one attached hydrogen (secondary N) is 1. The number of hydrogen-bond donors (Lipinski definition) is 1. The number of hydrogen-bond acceptors (Lipinski definition) is 1. The average molecular weight is 236 g/mol. The summed E-state index contributed by atoms with van der Waals surface area (Å²) in [6.07, 6.45) is -4.22. The molecule has 1 atom stereocenters. The lowest BCUT2D eigenvalue weighted by Crippen LogP contribution is -2.36. The Bertz CT molecular complexity index is 375. The van der Waals surface area contributed by atoms with Crippen molar-refractivity contribution in [1.29, 1.82) is 0 Å². The molecule has 0 aromatic heterocycles. The number of alkyl halides is 3. The van der Waals surface area contributed by atoms with Gasteiger partial charge in [-0.15, -0.1) is 0 Å². The van der Waals surface area contributed by atoms with E-state index in [0.717, 1.165) is 0 Å². The van der Waals surface area contributed by atoms with Crippen LogP contribution < -0.4 is 5.32 Å². The van der Waals surface area contributed by atoms with E-state index in [1.54, 1.807) is 12.1 Å². The van der Waals surface area contributed by atoms with Crippen molar-refractivity contribution in [2.24, 2.45) is 0 Å². The van der Waals surface area contributed by atoms with Crippen LogP contribution in [0.4, 0.5) is 13.2 Å². The van der Waals surface area contributed by atoms with Crippen LogP contribution in [0.15, 0.2) is 18.2 Å². The molecular formula is C10H9ClF3N. The largest absolute Gasteiger partial charge is 0.396 e. The van der Waals surface area contributed by atoms with Gasteiger partial charge in [-0.2, -0.15) is 13.2 Å². The Hall–Kier alpha value is -0.740. The minimum Gasteiger partial charge on any atom is -0.312 e. The summed E-state index contributed by atoms with van der Waals surface area (Å²) in [5.41, 5.74) is 0.862. The van der Waals surface area contributed by atoms with Gasteiger partial charge in [0.1, 0.15) is 0 Å². The number of benzene rings is 1. The summed E-state index contributed by atoms with van der Waals surface area (Å²) in [5.74, 6) is -1.44. The summed E-state index contributed by atoms with van der Waals surface area (Å²) >= 11 is 5.85. The standard InChI is InChI=1S/C10H9ClF3N/c11-9-3-1-2-6-7(9)4-15-5-8(6)10(12,13)14/h1-3,8,15H,4-5H2.